The first kappa shape index (κ1) is 21.8. The fraction of sp³-hybridized carbons (Fsp3) is 0.348. The lowest BCUT2D eigenvalue weighted by atomic mass is 9.88. The van der Waals surface area contributed by atoms with E-state index in [1.807, 2.05) is 24.3 Å². The average molecular weight is 428 g/mol. The van der Waals surface area contributed by atoms with Crippen LogP contribution in [-0.4, -0.2) is 24.1 Å². The molecular formula is C23H26ClN3O3. The molecule has 1 aliphatic rings. The topological polar surface area (TPSA) is 79.8 Å². The molecule has 7 heteroatoms. The van der Waals surface area contributed by atoms with Crippen LogP contribution >= 0.6 is 11.6 Å². The average Bonchev–Trinajstić information content (AvgIpc) is 2.78. The van der Waals surface area contributed by atoms with Gasteiger partial charge in [-0.05, 0) is 61.7 Å². The number of nitrogens with zero attached hydrogens (tertiary/aromatic N) is 1. The zero-order valence-corrected chi connectivity index (χ0v) is 17.7. The highest BCUT2D eigenvalue weighted by Gasteiger charge is 2.21. The molecule has 2 aromatic carbocycles. The monoisotopic (exact) mass is 427 g/mol. The largest absolute Gasteiger partial charge is 0.484 e. The summed E-state index contributed by atoms with van der Waals surface area (Å²) >= 11 is 5.82. The van der Waals surface area contributed by atoms with Gasteiger partial charge in [-0.1, -0.05) is 43.0 Å². The van der Waals surface area contributed by atoms with Crippen molar-refractivity contribution < 1.29 is 14.3 Å². The lowest BCUT2D eigenvalue weighted by molar-refractivity contribution is -0.123. The standard InChI is InChI=1S/C23H26ClN3O3/c1-16(26-27-22(28)15-30-21-12-10-19(24)11-13-21)18-8-5-9-20(14-18)25-23(29)17-6-3-2-4-7-17/h5,8-14,17H,2-4,6-7,15H2,1H3,(H,25,29)(H,27,28)/b26-16-. The summed E-state index contributed by atoms with van der Waals surface area (Å²) in [7, 11) is 0. The van der Waals surface area contributed by atoms with Gasteiger partial charge in [0.2, 0.25) is 5.91 Å². The predicted octanol–water partition coefficient (Wildman–Crippen LogP) is 4.78. The maximum atomic E-state index is 12.5. The minimum absolute atomic E-state index is 0.0779. The van der Waals surface area contributed by atoms with Crippen molar-refractivity contribution in [2.75, 3.05) is 11.9 Å². The number of hydrogen-bond donors (Lipinski definition) is 2. The Morgan fingerprint density at radius 3 is 2.57 bits per heavy atom. The Labute approximate surface area is 181 Å². The molecule has 1 saturated carbocycles. The number of carbonyl (C=O) groups excluding carboxylic acids is 2. The first-order valence-corrected chi connectivity index (χ1v) is 10.5. The summed E-state index contributed by atoms with van der Waals surface area (Å²) in [5.74, 6) is 0.355. The number of hydrogen-bond acceptors (Lipinski definition) is 4. The van der Waals surface area contributed by atoms with Gasteiger partial charge in [0.25, 0.3) is 5.91 Å². The molecule has 0 spiro atoms. The van der Waals surface area contributed by atoms with E-state index < -0.39 is 0 Å². The van der Waals surface area contributed by atoms with Crippen molar-refractivity contribution in [1.82, 2.24) is 5.43 Å². The van der Waals surface area contributed by atoms with Crippen LogP contribution in [0.4, 0.5) is 5.69 Å². The van der Waals surface area contributed by atoms with Gasteiger partial charge >= 0.3 is 0 Å². The lowest BCUT2D eigenvalue weighted by Gasteiger charge is -2.20. The fourth-order valence-electron chi connectivity index (χ4n) is 3.35. The SMILES string of the molecule is C/C(=N/NC(=O)COc1ccc(Cl)cc1)c1cccc(NC(=O)C2CCCCC2)c1. The van der Waals surface area contributed by atoms with Crippen molar-refractivity contribution in [2.24, 2.45) is 11.0 Å². The number of carbonyl (C=O) groups is 2. The van der Waals surface area contributed by atoms with E-state index in [1.165, 1.54) is 6.42 Å². The molecular weight excluding hydrogens is 402 g/mol. The zero-order valence-electron chi connectivity index (χ0n) is 17.0. The van der Waals surface area contributed by atoms with Crippen LogP contribution in [0.3, 0.4) is 0 Å². The van der Waals surface area contributed by atoms with Crippen LogP contribution in [0, 0.1) is 5.92 Å². The van der Waals surface area contributed by atoms with Gasteiger partial charge in [-0.25, -0.2) is 5.43 Å². The van der Waals surface area contributed by atoms with E-state index in [9.17, 15) is 9.59 Å². The minimum Gasteiger partial charge on any atom is -0.484 e. The summed E-state index contributed by atoms with van der Waals surface area (Å²) in [5, 5.41) is 7.74. The first-order chi connectivity index (χ1) is 14.5. The maximum absolute atomic E-state index is 12.5. The Bertz CT molecular complexity index is 906. The van der Waals surface area contributed by atoms with E-state index >= 15 is 0 Å². The Kier molecular flexibility index (Phi) is 7.85. The van der Waals surface area contributed by atoms with Crippen LogP contribution in [0.25, 0.3) is 0 Å². The van der Waals surface area contributed by atoms with Gasteiger partial charge in [-0.15, -0.1) is 0 Å². The van der Waals surface area contributed by atoms with Crippen molar-refractivity contribution in [3.05, 3.63) is 59.1 Å². The van der Waals surface area contributed by atoms with Gasteiger partial charge in [0.05, 0.1) is 5.71 Å². The molecule has 0 unspecified atom stereocenters. The molecule has 0 aliphatic heterocycles. The molecule has 2 aromatic rings. The van der Waals surface area contributed by atoms with Crippen molar-refractivity contribution in [3.63, 3.8) is 0 Å². The zero-order chi connectivity index (χ0) is 21.3. The summed E-state index contributed by atoms with van der Waals surface area (Å²) in [6.45, 7) is 1.64. The summed E-state index contributed by atoms with van der Waals surface area (Å²) < 4.78 is 5.39. The molecule has 0 saturated heterocycles. The highest BCUT2D eigenvalue weighted by molar-refractivity contribution is 6.30. The van der Waals surface area contributed by atoms with Gasteiger partial charge in [0.15, 0.2) is 6.61 Å². The van der Waals surface area contributed by atoms with Crippen molar-refractivity contribution >= 4 is 34.8 Å². The Morgan fingerprint density at radius 1 is 1.10 bits per heavy atom. The van der Waals surface area contributed by atoms with E-state index in [-0.39, 0.29) is 24.3 Å². The molecule has 30 heavy (non-hydrogen) atoms. The third-order valence-corrected chi connectivity index (χ3v) is 5.31. The molecule has 0 radical (unpaired) electrons. The lowest BCUT2D eigenvalue weighted by Crippen LogP contribution is -2.26. The van der Waals surface area contributed by atoms with Crippen LogP contribution in [0.15, 0.2) is 53.6 Å². The molecule has 0 aromatic heterocycles. The van der Waals surface area contributed by atoms with Crippen LogP contribution in [0.2, 0.25) is 5.02 Å². The summed E-state index contributed by atoms with van der Waals surface area (Å²) in [6.07, 6.45) is 5.36. The van der Waals surface area contributed by atoms with Crippen molar-refractivity contribution in [1.29, 1.82) is 0 Å². The maximum Gasteiger partial charge on any atom is 0.277 e. The second kappa shape index (κ2) is 10.8. The molecule has 0 atom stereocenters. The van der Waals surface area contributed by atoms with Crippen LogP contribution in [-0.2, 0) is 9.59 Å². The number of rotatable bonds is 7. The molecule has 1 fully saturated rings. The van der Waals surface area contributed by atoms with Crippen molar-refractivity contribution in [3.8, 4) is 5.75 Å². The smallest absolute Gasteiger partial charge is 0.277 e. The van der Waals surface area contributed by atoms with Crippen LogP contribution < -0.4 is 15.5 Å². The van der Waals surface area contributed by atoms with E-state index in [1.54, 1.807) is 31.2 Å². The van der Waals surface area contributed by atoms with Gasteiger partial charge in [-0.3, -0.25) is 9.59 Å². The van der Waals surface area contributed by atoms with E-state index in [2.05, 4.69) is 15.8 Å². The number of nitrogens with one attached hydrogen (secondary N) is 2. The third-order valence-electron chi connectivity index (χ3n) is 5.06. The molecule has 0 heterocycles. The predicted molar refractivity (Wildman–Crippen MR) is 119 cm³/mol. The Hall–Kier alpha value is -2.86. The minimum atomic E-state index is -0.369. The fourth-order valence-corrected chi connectivity index (χ4v) is 3.48. The molecule has 1 aliphatic carbocycles. The van der Waals surface area contributed by atoms with Gasteiger partial charge < -0.3 is 10.1 Å². The number of ether oxygens (including phenoxy) is 1. The van der Waals surface area contributed by atoms with Crippen LogP contribution in [0.5, 0.6) is 5.75 Å². The first-order valence-electron chi connectivity index (χ1n) is 10.1. The number of hydrazone groups is 1. The van der Waals surface area contributed by atoms with E-state index in [4.69, 9.17) is 16.3 Å². The highest BCUT2D eigenvalue weighted by atomic mass is 35.5. The molecule has 2 N–H and O–H groups in total. The summed E-state index contributed by atoms with van der Waals surface area (Å²) in [4.78, 5) is 24.4. The van der Waals surface area contributed by atoms with Gasteiger partial charge in [0, 0.05) is 16.6 Å². The third kappa shape index (κ3) is 6.59. The number of amides is 2. The van der Waals surface area contributed by atoms with Gasteiger partial charge in [0.1, 0.15) is 5.75 Å². The summed E-state index contributed by atoms with van der Waals surface area (Å²) in [6, 6.07) is 14.2. The molecule has 6 nitrogen and oxygen atoms in total. The Balaban J connectivity index is 1.52. The molecule has 158 valence electrons. The molecule has 0 bridgehead atoms. The number of benzene rings is 2. The van der Waals surface area contributed by atoms with Crippen LogP contribution in [0.1, 0.15) is 44.6 Å². The van der Waals surface area contributed by atoms with E-state index in [0.717, 1.165) is 36.9 Å². The highest BCUT2D eigenvalue weighted by Crippen LogP contribution is 2.25. The number of anilines is 1. The second-order valence-electron chi connectivity index (χ2n) is 7.38. The summed E-state index contributed by atoms with van der Waals surface area (Å²) in [5.41, 5.74) is 4.66. The quantitative estimate of drug-likeness (QED) is 0.493. The number of halogens is 1. The molecule has 2 amide bonds. The molecule has 3 rings (SSSR count). The second-order valence-corrected chi connectivity index (χ2v) is 7.82. The van der Waals surface area contributed by atoms with E-state index in [0.29, 0.717) is 16.5 Å². The normalized spacial score (nSPS) is 14.8. The van der Waals surface area contributed by atoms with Gasteiger partial charge in [-0.2, -0.15) is 5.10 Å². The Morgan fingerprint density at radius 2 is 1.83 bits per heavy atom. The van der Waals surface area contributed by atoms with Crippen molar-refractivity contribution in [2.45, 2.75) is 39.0 Å².